The fourth-order valence-electron chi connectivity index (χ4n) is 3.83. The van der Waals surface area contributed by atoms with Gasteiger partial charge in [-0.15, -0.1) is 0 Å². The number of ether oxygens (including phenoxy) is 1. The third-order valence-corrected chi connectivity index (χ3v) is 5.56. The van der Waals surface area contributed by atoms with Crippen molar-refractivity contribution in [3.63, 3.8) is 0 Å². The minimum atomic E-state index is -0.478. The number of nitrogens with zero attached hydrogens (tertiary/aromatic N) is 4. The molecule has 34 heavy (non-hydrogen) atoms. The average Bonchev–Trinajstić information content (AvgIpc) is 3.37. The van der Waals surface area contributed by atoms with Crippen LogP contribution in [0.2, 0.25) is 0 Å². The summed E-state index contributed by atoms with van der Waals surface area (Å²) in [5.74, 6) is 0.141. The van der Waals surface area contributed by atoms with E-state index >= 15 is 0 Å². The largest absolute Gasteiger partial charge is 0.465 e. The highest BCUT2D eigenvalue weighted by Gasteiger charge is 2.18. The van der Waals surface area contributed by atoms with Gasteiger partial charge in [0, 0.05) is 5.56 Å². The lowest BCUT2D eigenvalue weighted by Gasteiger charge is -2.11. The van der Waals surface area contributed by atoms with Crippen molar-refractivity contribution in [3.05, 3.63) is 100.0 Å². The Hall–Kier alpha value is -4.59. The van der Waals surface area contributed by atoms with Crippen molar-refractivity contribution in [3.8, 4) is 22.8 Å². The summed E-state index contributed by atoms with van der Waals surface area (Å²) in [6, 6.07) is 22.1. The van der Waals surface area contributed by atoms with E-state index in [-0.39, 0.29) is 11.4 Å². The number of methoxy groups -OCH3 is 1. The zero-order valence-electron chi connectivity index (χ0n) is 18.6. The van der Waals surface area contributed by atoms with Crippen molar-refractivity contribution in [2.45, 2.75) is 13.5 Å². The van der Waals surface area contributed by atoms with Crippen LogP contribution in [0.3, 0.4) is 0 Å². The second kappa shape index (κ2) is 8.74. The van der Waals surface area contributed by atoms with Crippen molar-refractivity contribution in [2.75, 3.05) is 7.11 Å². The summed E-state index contributed by atoms with van der Waals surface area (Å²) in [4.78, 5) is 33.7. The molecule has 0 radical (unpaired) electrons. The Morgan fingerprint density at radius 2 is 1.71 bits per heavy atom. The van der Waals surface area contributed by atoms with Gasteiger partial charge in [0.1, 0.15) is 5.69 Å². The van der Waals surface area contributed by atoms with Crippen molar-refractivity contribution in [1.82, 2.24) is 19.7 Å². The summed E-state index contributed by atoms with van der Waals surface area (Å²) < 4.78 is 12.0. The highest BCUT2D eigenvalue weighted by atomic mass is 16.5. The van der Waals surface area contributed by atoms with Gasteiger partial charge in [-0.3, -0.25) is 4.79 Å². The minimum absolute atomic E-state index is 0.116. The lowest BCUT2D eigenvalue weighted by atomic mass is 10.1. The van der Waals surface area contributed by atoms with E-state index < -0.39 is 5.97 Å². The van der Waals surface area contributed by atoms with E-state index in [1.54, 1.807) is 35.8 Å². The zero-order valence-corrected chi connectivity index (χ0v) is 18.6. The molecule has 0 saturated heterocycles. The van der Waals surface area contributed by atoms with Crippen molar-refractivity contribution in [1.29, 1.82) is 0 Å². The molecule has 5 rings (SSSR count). The van der Waals surface area contributed by atoms with Crippen molar-refractivity contribution < 1.29 is 14.1 Å². The number of benzene rings is 3. The Balaban J connectivity index is 1.44. The second-order valence-electron chi connectivity index (χ2n) is 7.73. The van der Waals surface area contributed by atoms with E-state index in [0.717, 1.165) is 22.2 Å². The summed E-state index contributed by atoms with van der Waals surface area (Å²) >= 11 is 0. The van der Waals surface area contributed by atoms with Crippen LogP contribution in [-0.4, -0.2) is 32.8 Å². The summed E-state index contributed by atoms with van der Waals surface area (Å²) in [7, 11) is 1.32. The van der Waals surface area contributed by atoms with Crippen LogP contribution >= 0.6 is 0 Å². The van der Waals surface area contributed by atoms with Crippen LogP contribution in [0.1, 0.15) is 21.6 Å². The van der Waals surface area contributed by atoms with Gasteiger partial charge in [-0.1, -0.05) is 53.7 Å². The molecule has 0 bridgehead atoms. The van der Waals surface area contributed by atoms with E-state index in [1.807, 2.05) is 48.5 Å². The number of aryl methyl sites for hydroxylation is 1. The first-order chi connectivity index (χ1) is 16.5. The van der Waals surface area contributed by atoms with Gasteiger partial charge >= 0.3 is 5.97 Å². The molecule has 0 saturated carbocycles. The number of para-hydroxylation sites is 2. The van der Waals surface area contributed by atoms with Gasteiger partial charge in [0.25, 0.3) is 11.4 Å². The van der Waals surface area contributed by atoms with E-state index in [4.69, 9.17) is 9.26 Å². The number of carbonyl (C=O) groups excluding carboxylic acids is 1. The van der Waals surface area contributed by atoms with Crippen LogP contribution in [-0.2, 0) is 11.3 Å². The predicted octanol–water partition coefficient (Wildman–Crippen LogP) is 4.26. The summed E-state index contributed by atoms with van der Waals surface area (Å²) in [6.07, 6.45) is 0. The van der Waals surface area contributed by atoms with Gasteiger partial charge in [-0.05, 0) is 36.8 Å². The SMILES string of the molecule is COC(=O)c1ccccc1-c1nc(-c2ccc(Cn3c(=O)c(C)nc4ccccc43)cc2)no1. The van der Waals surface area contributed by atoms with Crippen LogP contribution in [0.4, 0.5) is 0 Å². The number of hydrogen-bond donors (Lipinski definition) is 0. The second-order valence-corrected chi connectivity index (χ2v) is 7.73. The molecule has 0 aliphatic carbocycles. The van der Waals surface area contributed by atoms with Crippen molar-refractivity contribution in [2.24, 2.45) is 0 Å². The molecule has 0 amide bonds. The standard InChI is InChI=1S/C26H20N4O4/c1-16-25(31)30(22-10-6-5-9-21(22)27-16)15-17-11-13-18(14-12-17)23-28-24(34-29-23)19-7-3-4-8-20(19)26(32)33-2/h3-14H,15H2,1-2H3. The molecular weight excluding hydrogens is 432 g/mol. The van der Waals surface area contributed by atoms with E-state index in [2.05, 4.69) is 15.1 Å². The van der Waals surface area contributed by atoms with Gasteiger partial charge in [-0.2, -0.15) is 4.98 Å². The monoisotopic (exact) mass is 452 g/mol. The molecule has 5 aromatic rings. The molecule has 0 unspecified atom stereocenters. The van der Waals surface area contributed by atoms with Crippen LogP contribution in [0.15, 0.2) is 82.1 Å². The molecule has 0 spiro atoms. The molecule has 2 heterocycles. The number of fused-ring (bicyclic) bond motifs is 1. The van der Waals surface area contributed by atoms with E-state index in [0.29, 0.717) is 29.2 Å². The van der Waals surface area contributed by atoms with Crippen LogP contribution < -0.4 is 5.56 Å². The van der Waals surface area contributed by atoms with Crippen LogP contribution in [0, 0.1) is 6.92 Å². The molecule has 0 atom stereocenters. The number of hydrogen-bond acceptors (Lipinski definition) is 7. The molecule has 0 aliphatic heterocycles. The normalized spacial score (nSPS) is 11.0. The Labute approximate surface area is 194 Å². The van der Waals surface area contributed by atoms with Gasteiger partial charge in [0.15, 0.2) is 0 Å². The van der Waals surface area contributed by atoms with Crippen molar-refractivity contribution >= 4 is 17.0 Å². The number of aromatic nitrogens is 4. The first-order valence-electron chi connectivity index (χ1n) is 10.6. The molecule has 8 nitrogen and oxygen atoms in total. The van der Waals surface area contributed by atoms with E-state index in [9.17, 15) is 9.59 Å². The number of carbonyl (C=O) groups is 1. The molecule has 0 N–H and O–H groups in total. The average molecular weight is 452 g/mol. The topological polar surface area (TPSA) is 100 Å². The molecular formula is C26H20N4O4. The lowest BCUT2D eigenvalue weighted by molar-refractivity contribution is 0.0601. The molecule has 0 fully saturated rings. The maximum atomic E-state index is 12.7. The highest BCUT2D eigenvalue weighted by Crippen LogP contribution is 2.26. The maximum Gasteiger partial charge on any atom is 0.338 e. The van der Waals surface area contributed by atoms with Gasteiger partial charge in [-0.25, -0.2) is 9.78 Å². The predicted molar refractivity (Wildman–Crippen MR) is 126 cm³/mol. The zero-order chi connectivity index (χ0) is 23.7. The smallest absolute Gasteiger partial charge is 0.338 e. The van der Waals surface area contributed by atoms with Gasteiger partial charge in [0.2, 0.25) is 5.82 Å². The Morgan fingerprint density at radius 1 is 0.971 bits per heavy atom. The van der Waals surface area contributed by atoms with Crippen LogP contribution in [0.25, 0.3) is 33.9 Å². The third-order valence-electron chi connectivity index (χ3n) is 5.56. The number of esters is 1. The Kier molecular flexibility index (Phi) is 5.47. The molecule has 3 aromatic carbocycles. The first-order valence-corrected chi connectivity index (χ1v) is 10.6. The molecule has 2 aromatic heterocycles. The first kappa shape index (κ1) is 21.3. The lowest BCUT2D eigenvalue weighted by Crippen LogP contribution is -2.24. The molecule has 0 aliphatic rings. The van der Waals surface area contributed by atoms with E-state index in [1.165, 1.54) is 7.11 Å². The summed E-state index contributed by atoms with van der Waals surface area (Å²) in [5.41, 5.74) is 4.46. The summed E-state index contributed by atoms with van der Waals surface area (Å²) in [6.45, 7) is 2.13. The minimum Gasteiger partial charge on any atom is -0.465 e. The Morgan fingerprint density at radius 3 is 2.50 bits per heavy atom. The molecule has 168 valence electrons. The quantitative estimate of drug-likeness (QED) is 0.367. The van der Waals surface area contributed by atoms with Gasteiger partial charge < -0.3 is 13.8 Å². The van der Waals surface area contributed by atoms with Crippen LogP contribution in [0.5, 0.6) is 0 Å². The fraction of sp³-hybridized carbons (Fsp3) is 0.115. The maximum absolute atomic E-state index is 12.7. The molecule has 8 heteroatoms. The highest BCUT2D eigenvalue weighted by molar-refractivity contribution is 5.96. The Bertz CT molecular complexity index is 1570. The third kappa shape index (κ3) is 3.86. The number of rotatable bonds is 5. The van der Waals surface area contributed by atoms with Gasteiger partial charge in [0.05, 0.1) is 35.8 Å². The fourth-order valence-corrected chi connectivity index (χ4v) is 3.83. The summed E-state index contributed by atoms with van der Waals surface area (Å²) in [5, 5.41) is 4.07.